The Kier molecular flexibility index (Phi) is 4.87. The zero-order valence-electron chi connectivity index (χ0n) is 8.53. The van der Waals surface area contributed by atoms with Crippen molar-refractivity contribution in [3.63, 3.8) is 0 Å². The maximum atomic E-state index is 5.92. The zero-order chi connectivity index (χ0) is 9.97. The molecule has 15 heavy (non-hydrogen) atoms. The van der Waals surface area contributed by atoms with E-state index >= 15 is 0 Å². The molecule has 1 aromatic carbocycles. The summed E-state index contributed by atoms with van der Waals surface area (Å²) in [4.78, 5) is 2.37. The quantitative estimate of drug-likeness (QED) is 0.868. The van der Waals surface area contributed by atoms with Crippen LogP contribution in [0.3, 0.4) is 0 Å². The second-order valence-corrected chi connectivity index (χ2v) is 4.35. The molecule has 2 nitrogen and oxygen atoms in total. The Hall–Kier alpha value is -0.280. The molecule has 1 heterocycles. The van der Waals surface area contributed by atoms with Gasteiger partial charge < -0.3 is 5.73 Å². The average Bonchev–Trinajstić information content (AvgIpc) is 2.51. The first-order valence-electron chi connectivity index (χ1n) is 4.96. The molecule has 2 rings (SSSR count). The largest absolute Gasteiger partial charge is 0.326 e. The van der Waals surface area contributed by atoms with Gasteiger partial charge in [-0.1, -0.05) is 23.7 Å². The van der Waals surface area contributed by atoms with Gasteiger partial charge in [-0.3, -0.25) is 4.90 Å². The Morgan fingerprint density at radius 1 is 1.47 bits per heavy atom. The third-order valence-corrected chi connectivity index (χ3v) is 2.84. The van der Waals surface area contributed by atoms with Gasteiger partial charge in [0, 0.05) is 30.7 Å². The number of rotatable bonds is 2. The van der Waals surface area contributed by atoms with E-state index in [4.69, 9.17) is 17.3 Å². The Morgan fingerprint density at radius 2 is 2.27 bits per heavy atom. The minimum absolute atomic E-state index is 0. The molecule has 4 heteroatoms. The average molecular weight is 247 g/mol. The molecule has 0 amide bonds. The van der Waals surface area contributed by atoms with Crippen molar-refractivity contribution in [3.05, 3.63) is 34.9 Å². The summed E-state index contributed by atoms with van der Waals surface area (Å²) in [6.45, 7) is 3.08. The van der Waals surface area contributed by atoms with E-state index in [1.54, 1.807) is 0 Å². The first-order chi connectivity index (χ1) is 6.74. The summed E-state index contributed by atoms with van der Waals surface area (Å²) in [5.74, 6) is 0. The predicted molar refractivity (Wildman–Crippen MR) is 66.6 cm³/mol. The molecule has 0 unspecified atom stereocenters. The van der Waals surface area contributed by atoms with Gasteiger partial charge in [-0.25, -0.2) is 0 Å². The van der Waals surface area contributed by atoms with Crippen molar-refractivity contribution in [2.24, 2.45) is 5.73 Å². The minimum Gasteiger partial charge on any atom is -0.326 e. The van der Waals surface area contributed by atoms with E-state index in [0.717, 1.165) is 31.1 Å². The number of hydrogen-bond donors (Lipinski definition) is 1. The molecule has 0 radical (unpaired) electrons. The summed E-state index contributed by atoms with van der Waals surface area (Å²) in [6, 6.07) is 8.38. The Balaban J connectivity index is 0.00000112. The fraction of sp³-hybridized carbons (Fsp3) is 0.455. The van der Waals surface area contributed by atoms with Gasteiger partial charge in [0.15, 0.2) is 0 Å². The van der Waals surface area contributed by atoms with Crippen LogP contribution in [0, 0.1) is 0 Å². The van der Waals surface area contributed by atoms with E-state index in [-0.39, 0.29) is 12.4 Å². The lowest BCUT2D eigenvalue weighted by Gasteiger charge is -2.14. The fourth-order valence-electron chi connectivity index (χ4n) is 1.90. The van der Waals surface area contributed by atoms with Crippen LogP contribution in [0.4, 0.5) is 0 Å². The third-order valence-electron chi connectivity index (χ3n) is 2.60. The number of likely N-dealkylation sites (tertiary alicyclic amines) is 1. The standard InChI is InChI=1S/C11H15ClN2.ClH/c12-10-3-1-2-9(6-10)7-14-5-4-11(13)8-14;/h1-3,6,11H,4-5,7-8,13H2;1H/t11-;/m1./s1. The SMILES string of the molecule is Cl.N[C@@H]1CCN(Cc2cccc(Cl)c2)C1. The summed E-state index contributed by atoms with van der Waals surface area (Å²) in [7, 11) is 0. The molecule has 2 N–H and O–H groups in total. The summed E-state index contributed by atoms with van der Waals surface area (Å²) < 4.78 is 0. The van der Waals surface area contributed by atoms with Gasteiger partial charge in [0.1, 0.15) is 0 Å². The summed E-state index contributed by atoms with van der Waals surface area (Å²) in [5, 5.41) is 0.811. The van der Waals surface area contributed by atoms with Gasteiger partial charge >= 0.3 is 0 Å². The molecule has 1 saturated heterocycles. The van der Waals surface area contributed by atoms with Crippen molar-refractivity contribution in [1.82, 2.24) is 4.90 Å². The van der Waals surface area contributed by atoms with Crippen molar-refractivity contribution >= 4 is 24.0 Å². The van der Waals surface area contributed by atoms with Crippen molar-refractivity contribution in [1.29, 1.82) is 0 Å². The molecule has 1 aromatic rings. The minimum atomic E-state index is 0. The van der Waals surface area contributed by atoms with Gasteiger partial charge in [0.2, 0.25) is 0 Å². The molecule has 1 fully saturated rings. The third kappa shape index (κ3) is 3.65. The predicted octanol–water partition coefficient (Wildman–Crippen LogP) is 2.29. The first kappa shape index (κ1) is 12.8. The van der Waals surface area contributed by atoms with E-state index in [0.29, 0.717) is 6.04 Å². The maximum Gasteiger partial charge on any atom is 0.0409 e. The molecule has 0 aliphatic carbocycles. The molecule has 0 spiro atoms. The molecule has 1 aliphatic heterocycles. The lowest BCUT2D eigenvalue weighted by molar-refractivity contribution is 0.327. The van der Waals surface area contributed by atoms with Crippen LogP contribution in [-0.4, -0.2) is 24.0 Å². The van der Waals surface area contributed by atoms with E-state index in [2.05, 4.69) is 11.0 Å². The van der Waals surface area contributed by atoms with Gasteiger partial charge in [0.05, 0.1) is 0 Å². The second kappa shape index (κ2) is 5.71. The topological polar surface area (TPSA) is 29.3 Å². The van der Waals surface area contributed by atoms with Crippen molar-refractivity contribution in [2.75, 3.05) is 13.1 Å². The van der Waals surface area contributed by atoms with Crippen LogP contribution in [0.5, 0.6) is 0 Å². The molecular formula is C11H16Cl2N2. The van der Waals surface area contributed by atoms with Crippen LogP contribution in [0.15, 0.2) is 24.3 Å². The van der Waals surface area contributed by atoms with Crippen molar-refractivity contribution < 1.29 is 0 Å². The van der Waals surface area contributed by atoms with E-state index < -0.39 is 0 Å². The van der Waals surface area contributed by atoms with Crippen molar-refractivity contribution in [3.8, 4) is 0 Å². The molecule has 84 valence electrons. The lowest BCUT2D eigenvalue weighted by atomic mass is 10.2. The number of nitrogens with two attached hydrogens (primary N) is 1. The highest BCUT2D eigenvalue weighted by atomic mass is 35.5. The van der Waals surface area contributed by atoms with Crippen LogP contribution in [-0.2, 0) is 6.54 Å². The number of benzene rings is 1. The molecule has 1 atom stereocenters. The summed E-state index contributed by atoms with van der Waals surface area (Å²) >= 11 is 5.92. The van der Waals surface area contributed by atoms with Gasteiger partial charge in [-0.2, -0.15) is 0 Å². The number of nitrogens with zero attached hydrogens (tertiary/aromatic N) is 1. The second-order valence-electron chi connectivity index (χ2n) is 3.91. The summed E-state index contributed by atoms with van der Waals surface area (Å²) in [5.41, 5.74) is 7.11. The highest BCUT2D eigenvalue weighted by Crippen LogP contribution is 2.15. The normalized spacial score (nSPS) is 21.3. The molecular weight excluding hydrogens is 231 g/mol. The van der Waals surface area contributed by atoms with Crippen LogP contribution >= 0.6 is 24.0 Å². The number of halogens is 2. The molecule has 0 saturated carbocycles. The lowest BCUT2D eigenvalue weighted by Crippen LogP contribution is -2.26. The van der Waals surface area contributed by atoms with Crippen LogP contribution in [0.1, 0.15) is 12.0 Å². The Morgan fingerprint density at radius 3 is 2.87 bits per heavy atom. The van der Waals surface area contributed by atoms with Gasteiger partial charge in [-0.15, -0.1) is 12.4 Å². The number of hydrogen-bond acceptors (Lipinski definition) is 2. The molecule has 0 bridgehead atoms. The van der Waals surface area contributed by atoms with Crippen LogP contribution in [0.2, 0.25) is 5.02 Å². The van der Waals surface area contributed by atoms with E-state index in [1.807, 2.05) is 18.2 Å². The Bertz CT molecular complexity index is 317. The summed E-state index contributed by atoms with van der Waals surface area (Å²) in [6.07, 6.45) is 1.11. The monoisotopic (exact) mass is 246 g/mol. The van der Waals surface area contributed by atoms with Crippen LogP contribution < -0.4 is 5.73 Å². The van der Waals surface area contributed by atoms with Gasteiger partial charge in [0.25, 0.3) is 0 Å². The van der Waals surface area contributed by atoms with E-state index in [1.165, 1.54) is 5.56 Å². The zero-order valence-corrected chi connectivity index (χ0v) is 10.1. The smallest absolute Gasteiger partial charge is 0.0409 e. The highest BCUT2D eigenvalue weighted by Gasteiger charge is 2.18. The Labute approximate surface area is 102 Å². The molecule has 0 aromatic heterocycles. The van der Waals surface area contributed by atoms with E-state index in [9.17, 15) is 0 Å². The molecule has 1 aliphatic rings. The highest BCUT2D eigenvalue weighted by molar-refractivity contribution is 6.30. The maximum absolute atomic E-state index is 5.92. The first-order valence-corrected chi connectivity index (χ1v) is 5.34. The van der Waals surface area contributed by atoms with Crippen molar-refractivity contribution in [2.45, 2.75) is 19.0 Å². The van der Waals surface area contributed by atoms with Crippen LogP contribution in [0.25, 0.3) is 0 Å². The van der Waals surface area contributed by atoms with Gasteiger partial charge in [-0.05, 0) is 24.1 Å². The fourth-order valence-corrected chi connectivity index (χ4v) is 2.11.